The van der Waals surface area contributed by atoms with Gasteiger partial charge in [-0.25, -0.2) is 9.13 Å². The number of rotatable bonds is 80. The summed E-state index contributed by atoms with van der Waals surface area (Å²) in [5.74, 6) is 0.279. The lowest BCUT2D eigenvalue weighted by Crippen LogP contribution is -2.30. The number of unbranched alkanes of at least 4 members (excludes halogenated alkanes) is 47. The first kappa shape index (κ1) is 99.1. The van der Waals surface area contributed by atoms with Gasteiger partial charge in [-0.15, -0.1) is 0 Å². The molecule has 0 rings (SSSR count). The molecule has 0 bridgehead atoms. The summed E-state index contributed by atoms with van der Waals surface area (Å²) >= 11 is 0. The Morgan fingerprint density at radius 3 is 0.752 bits per heavy atom. The van der Waals surface area contributed by atoms with Gasteiger partial charge in [0.15, 0.2) is 12.2 Å². The van der Waals surface area contributed by atoms with Gasteiger partial charge in [-0.2, -0.15) is 0 Å². The SMILES string of the molecule is CCCCCCCCCCCCCCC(=O)O[C@H](COC(=O)CCCCCCCCCCC(C)C)COP(=O)(O)OC[C@H](O)COP(=O)(O)OC[C@@H](COC(=O)CCCCCCCCCCCCCCCC(C)C)OC(=O)CCCCCCCCCCCCCCCCCCCCC(C)CC. The second kappa shape index (κ2) is 72.3. The first-order valence-electron chi connectivity index (χ1n) is 42.4. The van der Waals surface area contributed by atoms with Gasteiger partial charge in [0.1, 0.15) is 19.3 Å². The van der Waals surface area contributed by atoms with Crippen molar-refractivity contribution >= 4 is 39.5 Å². The van der Waals surface area contributed by atoms with Gasteiger partial charge in [-0.1, -0.05) is 376 Å². The van der Waals surface area contributed by atoms with Crippen LogP contribution in [0.2, 0.25) is 0 Å². The van der Waals surface area contributed by atoms with Crippen LogP contribution in [0.15, 0.2) is 0 Å². The van der Waals surface area contributed by atoms with Crippen LogP contribution in [-0.2, 0) is 65.4 Å². The van der Waals surface area contributed by atoms with E-state index in [-0.39, 0.29) is 25.7 Å². The minimum atomic E-state index is -4.96. The third-order valence-electron chi connectivity index (χ3n) is 19.5. The molecule has 3 unspecified atom stereocenters. The molecule has 0 aromatic rings. The van der Waals surface area contributed by atoms with Crippen LogP contribution in [0.3, 0.4) is 0 Å². The van der Waals surface area contributed by atoms with Gasteiger partial charge < -0.3 is 33.8 Å². The zero-order valence-electron chi connectivity index (χ0n) is 66.4. The predicted octanol–water partition coefficient (Wildman–Crippen LogP) is 24.5. The van der Waals surface area contributed by atoms with Gasteiger partial charge in [-0.3, -0.25) is 37.3 Å². The van der Waals surface area contributed by atoms with E-state index >= 15 is 0 Å². The van der Waals surface area contributed by atoms with Crippen LogP contribution in [-0.4, -0.2) is 96.7 Å². The number of phosphoric acid groups is 2. The fourth-order valence-corrected chi connectivity index (χ4v) is 14.2. The summed E-state index contributed by atoms with van der Waals surface area (Å²) in [6, 6.07) is 0. The zero-order chi connectivity index (χ0) is 74.4. The second-order valence-electron chi connectivity index (χ2n) is 30.7. The lowest BCUT2D eigenvalue weighted by atomic mass is 9.99. The van der Waals surface area contributed by atoms with Crippen molar-refractivity contribution in [3.63, 3.8) is 0 Å². The molecule has 0 spiro atoms. The molecule has 17 nitrogen and oxygen atoms in total. The number of aliphatic hydroxyl groups is 1. The van der Waals surface area contributed by atoms with Crippen molar-refractivity contribution < 1.29 is 80.2 Å². The molecular formula is C82H160O17P2. The Labute approximate surface area is 619 Å². The highest BCUT2D eigenvalue weighted by Gasteiger charge is 2.30. The normalized spacial score (nSPS) is 14.2. The van der Waals surface area contributed by atoms with E-state index in [0.29, 0.717) is 25.7 Å². The minimum absolute atomic E-state index is 0.107. The van der Waals surface area contributed by atoms with Gasteiger partial charge in [0, 0.05) is 25.7 Å². The van der Waals surface area contributed by atoms with Gasteiger partial charge >= 0.3 is 39.5 Å². The molecule has 0 saturated heterocycles. The van der Waals surface area contributed by atoms with Gasteiger partial charge in [-0.05, 0) is 43.4 Å². The number of hydrogen-bond donors (Lipinski definition) is 3. The van der Waals surface area contributed by atoms with Crippen LogP contribution in [0.4, 0.5) is 0 Å². The number of ether oxygens (including phenoxy) is 4. The maximum absolute atomic E-state index is 13.1. The average Bonchev–Trinajstić information content (AvgIpc) is 0.916. The minimum Gasteiger partial charge on any atom is -0.462 e. The van der Waals surface area contributed by atoms with Crippen molar-refractivity contribution in [2.24, 2.45) is 17.8 Å². The Bertz CT molecular complexity index is 1960. The topological polar surface area (TPSA) is 237 Å². The van der Waals surface area contributed by atoms with Crippen LogP contribution in [0.1, 0.15) is 427 Å². The van der Waals surface area contributed by atoms with Crippen LogP contribution < -0.4 is 0 Å². The fourth-order valence-electron chi connectivity index (χ4n) is 12.6. The van der Waals surface area contributed by atoms with Crippen LogP contribution >= 0.6 is 15.6 Å². The van der Waals surface area contributed by atoms with Gasteiger partial charge in [0.05, 0.1) is 26.4 Å². The van der Waals surface area contributed by atoms with Crippen molar-refractivity contribution in [2.75, 3.05) is 39.6 Å². The number of aliphatic hydroxyl groups excluding tert-OH is 1. The zero-order valence-corrected chi connectivity index (χ0v) is 68.2. The molecule has 0 heterocycles. The summed E-state index contributed by atoms with van der Waals surface area (Å²) in [6.45, 7) is 12.0. The summed E-state index contributed by atoms with van der Waals surface area (Å²) in [4.78, 5) is 73.0. The lowest BCUT2D eigenvalue weighted by molar-refractivity contribution is -0.161. The van der Waals surface area contributed by atoms with E-state index in [1.54, 1.807) is 0 Å². The number of esters is 4. The molecule has 0 fully saturated rings. The molecule has 19 heteroatoms. The first-order chi connectivity index (χ1) is 48.8. The van der Waals surface area contributed by atoms with E-state index in [4.69, 9.17) is 37.0 Å². The third-order valence-corrected chi connectivity index (χ3v) is 21.4. The van der Waals surface area contributed by atoms with Gasteiger partial charge in [0.2, 0.25) is 0 Å². The van der Waals surface area contributed by atoms with Crippen LogP contribution in [0, 0.1) is 17.8 Å². The summed E-state index contributed by atoms with van der Waals surface area (Å²) in [5, 5.41) is 10.6. The summed E-state index contributed by atoms with van der Waals surface area (Å²) in [6.07, 6.45) is 61.0. The second-order valence-corrected chi connectivity index (χ2v) is 33.6. The maximum Gasteiger partial charge on any atom is 0.472 e. The van der Waals surface area contributed by atoms with Crippen LogP contribution in [0.5, 0.6) is 0 Å². The number of hydrogen-bond acceptors (Lipinski definition) is 15. The first-order valence-corrected chi connectivity index (χ1v) is 45.4. The Morgan fingerprint density at radius 1 is 0.287 bits per heavy atom. The van der Waals surface area contributed by atoms with Crippen LogP contribution in [0.25, 0.3) is 0 Å². The molecule has 101 heavy (non-hydrogen) atoms. The molecule has 0 aliphatic heterocycles. The van der Waals surface area contributed by atoms with Crippen molar-refractivity contribution in [3.05, 3.63) is 0 Å². The number of carbonyl (C=O) groups excluding carboxylic acids is 4. The van der Waals surface area contributed by atoms with E-state index in [0.717, 1.165) is 108 Å². The Balaban J connectivity index is 5.22. The number of carbonyl (C=O) groups is 4. The molecule has 0 amide bonds. The largest absolute Gasteiger partial charge is 0.472 e. The predicted molar refractivity (Wildman–Crippen MR) is 414 cm³/mol. The molecule has 0 aliphatic carbocycles. The summed E-state index contributed by atoms with van der Waals surface area (Å²) in [7, 11) is -9.92. The molecule has 3 N–H and O–H groups in total. The quantitative estimate of drug-likeness (QED) is 0.0222. The third kappa shape index (κ3) is 74.7. The molecule has 0 radical (unpaired) electrons. The van der Waals surface area contributed by atoms with E-state index in [1.807, 2.05) is 0 Å². The maximum atomic E-state index is 13.1. The number of phosphoric ester groups is 2. The van der Waals surface area contributed by atoms with Crippen molar-refractivity contribution in [1.29, 1.82) is 0 Å². The van der Waals surface area contributed by atoms with Crippen molar-refractivity contribution in [1.82, 2.24) is 0 Å². The van der Waals surface area contributed by atoms with E-state index in [9.17, 15) is 43.2 Å². The van der Waals surface area contributed by atoms with E-state index in [1.165, 1.54) is 238 Å². The Hall–Kier alpha value is -1.94. The van der Waals surface area contributed by atoms with E-state index < -0.39 is 97.5 Å². The molecule has 0 saturated carbocycles. The highest BCUT2D eigenvalue weighted by Crippen LogP contribution is 2.45. The standard InChI is InChI=1S/C82H160O17P2/c1-8-10-11-12-13-14-15-29-35-44-51-58-65-81(86)99-78(70-93-80(85)64-57-50-43-38-37-40-47-54-61-74(5)6)72-97-101(90,91)95-68-76(83)67-94-100(88,89)96-71-77(69-92-79(84)63-56-49-42-34-30-26-22-23-27-32-39-46-53-60-73(3)4)98-82(87)66-59-52-45-36-31-25-21-19-17-16-18-20-24-28-33-41-48-55-62-75(7)9-2/h73-78,83H,8-72H2,1-7H3,(H,88,89)(H,90,91)/t75?,76-,77-,78-/m1/s1. The van der Waals surface area contributed by atoms with Gasteiger partial charge in [0.25, 0.3) is 0 Å². The smallest absolute Gasteiger partial charge is 0.462 e. The lowest BCUT2D eigenvalue weighted by Gasteiger charge is -2.21. The van der Waals surface area contributed by atoms with Crippen molar-refractivity contribution in [3.8, 4) is 0 Å². The summed E-state index contributed by atoms with van der Waals surface area (Å²) < 4.78 is 68.7. The molecular weight excluding hydrogens is 1320 g/mol. The molecule has 0 aromatic carbocycles. The Kier molecular flexibility index (Phi) is 70.9. The highest BCUT2D eigenvalue weighted by molar-refractivity contribution is 7.47. The van der Waals surface area contributed by atoms with E-state index in [2.05, 4.69) is 48.5 Å². The Morgan fingerprint density at radius 2 is 0.505 bits per heavy atom. The molecule has 600 valence electrons. The molecule has 6 atom stereocenters. The highest BCUT2D eigenvalue weighted by atomic mass is 31.2. The molecule has 0 aromatic heterocycles. The molecule has 0 aliphatic rings. The van der Waals surface area contributed by atoms with Crippen molar-refractivity contribution in [2.45, 2.75) is 446 Å². The fraction of sp³-hybridized carbons (Fsp3) is 0.951. The monoisotopic (exact) mass is 1480 g/mol. The average molecular weight is 1480 g/mol. The summed E-state index contributed by atoms with van der Waals surface area (Å²) in [5.41, 5.74) is 0.